The van der Waals surface area contributed by atoms with E-state index in [1.165, 1.54) is 0 Å². The Balaban J connectivity index is 2.28. The first-order valence-electron chi connectivity index (χ1n) is 4.95. The predicted molar refractivity (Wildman–Crippen MR) is 54.9 cm³/mol. The molecular formula is C11H18O3. The molecule has 0 unspecified atom stereocenters. The molecule has 0 aromatic rings. The van der Waals surface area contributed by atoms with Crippen LogP contribution in [0.5, 0.6) is 0 Å². The van der Waals surface area contributed by atoms with Gasteiger partial charge in [-0.1, -0.05) is 0 Å². The zero-order valence-electron chi connectivity index (χ0n) is 8.91. The SMILES string of the molecule is COCCCOC1=CCCC=C1OC. The van der Waals surface area contributed by atoms with Crippen LogP contribution in [0.1, 0.15) is 19.3 Å². The third kappa shape index (κ3) is 3.42. The highest BCUT2D eigenvalue weighted by Crippen LogP contribution is 2.20. The van der Waals surface area contributed by atoms with Gasteiger partial charge in [-0.25, -0.2) is 0 Å². The maximum Gasteiger partial charge on any atom is 0.156 e. The Morgan fingerprint density at radius 1 is 1.07 bits per heavy atom. The molecule has 0 spiro atoms. The van der Waals surface area contributed by atoms with Gasteiger partial charge >= 0.3 is 0 Å². The van der Waals surface area contributed by atoms with Gasteiger partial charge in [0.05, 0.1) is 13.7 Å². The summed E-state index contributed by atoms with van der Waals surface area (Å²) in [6, 6.07) is 0. The minimum Gasteiger partial charge on any atom is -0.493 e. The van der Waals surface area contributed by atoms with Crippen LogP contribution >= 0.6 is 0 Å². The molecule has 0 atom stereocenters. The van der Waals surface area contributed by atoms with Gasteiger partial charge in [-0.15, -0.1) is 0 Å². The summed E-state index contributed by atoms with van der Waals surface area (Å²) in [7, 11) is 3.36. The maximum absolute atomic E-state index is 5.58. The topological polar surface area (TPSA) is 27.7 Å². The molecule has 0 amide bonds. The van der Waals surface area contributed by atoms with Crippen molar-refractivity contribution in [3.63, 3.8) is 0 Å². The molecule has 0 aromatic heterocycles. The van der Waals surface area contributed by atoms with E-state index in [2.05, 4.69) is 12.2 Å². The quantitative estimate of drug-likeness (QED) is 0.613. The van der Waals surface area contributed by atoms with E-state index < -0.39 is 0 Å². The van der Waals surface area contributed by atoms with Crippen molar-refractivity contribution < 1.29 is 14.2 Å². The van der Waals surface area contributed by atoms with E-state index >= 15 is 0 Å². The normalized spacial score (nSPS) is 15.9. The molecule has 0 saturated heterocycles. The fourth-order valence-corrected chi connectivity index (χ4v) is 1.33. The van der Waals surface area contributed by atoms with Crippen LogP contribution in [0, 0.1) is 0 Å². The summed E-state index contributed by atoms with van der Waals surface area (Å²) in [5.41, 5.74) is 0. The molecule has 1 rings (SSSR count). The second kappa shape index (κ2) is 6.49. The van der Waals surface area contributed by atoms with Gasteiger partial charge in [0.15, 0.2) is 11.5 Å². The van der Waals surface area contributed by atoms with Gasteiger partial charge in [0.2, 0.25) is 0 Å². The molecular weight excluding hydrogens is 180 g/mol. The lowest BCUT2D eigenvalue weighted by molar-refractivity contribution is 0.132. The van der Waals surface area contributed by atoms with Crippen molar-refractivity contribution >= 4 is 0 Å². The van der Waals surface area contributed by atoms with E-state index in [1.54, 1.807) is 14.2 Å². The van der Waals surface area contributed by atoms with Crippen molar-refractivity contribution in [3.05, 3.63) is 23.7 Å². The molecule has 0 radical (unpaired) electrons. The largest absolute Gasteiger partial charge is 0.493 e. The molecule has 0 heterocycles. The Kier molecular flexibility index (Phi) is 5.15. The van der Waals surface area contributed by atoms with Gasteiger partial charge in [0, 0.05) is 20.1 Å². The van der Waals surface area contributed by atoms with Crippen molar-refractivity contribution in [2.24, 2.45) is 0 Å². The van der Waals surface area contributed by atoms with Crippen LogP contribution in [0.3, 0.4) is 0 Å². The van der Waals surface area contributed by atoms with Crippen LogP contribution in [0.2, 0.25) is 0 Å². The van der Waals surface area contributed by atoms with Crippen LogP contribution in [-0.4, -0.2) is 27.4 Å². The maximum atomic E-state index is 5.58. The Morgan fingerprint density at radius 3 is 2.43 bits per heavy atom. The van der Waals surface area contributed by atoms with Crippen LogP contribution in [0.4, 0.5) is 0 Å². The second-order valence-corrected chi connectivity index (χ2v) is 3.11. The smallest absolute Gasteiger partial charge is 0.156 e. The van der Waals surface area contributed by atoms with E-state index in [0.29, 0.717) is 6.61 Å². The number of hydrogen-bond donors (Lipinski definition) is 0. The summed E-state index contributed by atoms with van der Waals surface area (Å²) >= 11 is 0. The molecule has 0 N–H and O–H groups in total. The number of methoxy groups -OCH3 is 2. The summed E-state index contributed by atoms with van der Waals surface area (Å²) in [5.74, 6) is 1.73. The minimum atomic E-state index is 0.681. The Labute approximate surface area is 85.3 Å². The molecule has 3 nitrogen and oxygen atoms in total. The van der Waals surface area contributed by atoms with E-state index in [9.17, 15) is 0 Å². The van der Waals surface area contributed by atoms with Crippen LogP contribution in [-0.2, 0) is 14.2 Å². The average Bonchev–Trinajstić information content (AvgIpc) is 2.25. The standard InChI is InChI=1S/C11H18O3/c1-12-8-5-9-14-11-7-4-3-6-10(11)13-2/h6-7H,3-5,8-9H2,1-2H3. The van der Waals surface area contributed by atoms with Crippen LogP contribution < -0.4 is 0 Å². The molecule has 80 valence electrons. The lowest BCUT2D eigenvalue weighted by Crippen LogP contribution is -2.04. The third-order valence-electron chi connectivity index (χ3n) is 2.04. The Hall–Kier alpha value is -0.960. The number of allylic oxidation sites excluding steroid dienone is 2. The summed E-state index contributed by atoms with van der Waals surface area (Å²) in [6.07, 6.45) is 7.11. The molecule has 0 bridgehead atoms. The monoisotopic (exact) mass is 198 g/mol. The van der Waals surface area contributed by atoms with Crippen LogP contribution in [0.25, 0.3) is 0 Å². The van der Waals surface area contributed by atoms with E-state index in [4.69, 9.17) is 14.2 Å². The first kappa shape index (κ1) is 11.1. The van der Waals surface area contributed by atoms with Crippen molar-refractivity contribution in [1.29, 1.82) is 0 Å². The molecule has 1 aliphatic rings. The summed E-state index contributed by atoms with van der Waals surface area (Å²) in [6.45, 7) is 1.42. The zero-order valence-corrected chi connectivity index (χ0v) is 8.91. The molecule has 3 heteroatoms. The highest BCUT2D eigenvalue weighted by Gasteiger charge is 2.09. The van der Waals surface area contributed by atoms with Crippen LogP contribution in [0.15, 0.2) is 23.7 Å². The Bertz CT molecular complexity index is 219. The first-order valence-corrected chi connectivity index (χ1v) is 4.95. The predicted octanol–water partition coefficient (Wildman–Crippen LogP) is 2.25. The van der Waals surface area contributed by atoms with Crippen molar-refractivity contribution in [3.8, 4) is 0 Å². The minimum absolute atomic E-state index is 0.681. The molecule has 14 heavy (non-hydrogen) atoms. The van der Waals surface area contributed by atoms with Crippen molar-refractivity contribution in [2.45, 2.75) is 19.3 Å². The van der Waals surface area contributed by atoms with Gasteiger partial charge in [-0.05, 0) is 25.0 Å². The number of rotatable bonds is 6. The lowest BCUT2D eigenvalue weighted by atomic mass is 10.1. The summed E-state index contributed by atoms with van der Waals surface area (Å²) in [4.78, 5) is 0. The molecule has 0 fully saturated rings. The lowest BCUT2D eigenvalue weighted by Gasteiger charge is -2.15. The number of hydrogen-bond acceptors (Lipinski definition) is 3. The molecule has 0 saturated carbocycles. The highest BCUT2D eigenvalue weighted by atomic mass is 16.5. The van der Waals surface area contributed by atoms with Gasteiger partial charge in [0.1, 0.15) is 0 Å². The Morgan fingerprint density at radius 2 is 1.79 bits per heavy atom. The van der Waals surface area contributed by atoms with E-state index in [-0.39, 0.29) is 0 Å². The van der Waals surface area contributed by atoms with E-state index in [0.717, 1.165) is 37.4 Å². The third-order valence-corrected chi connectivity index (χ3v) is 2.04. The zero-order chi connectivity index (χ0) is 10.2. The van der Waals surface area contributed by atoms with Gasteiger partial charge in [0.25, 0.3) is 0 Å². The number of ether oxygens (including phenoxy) is 3. The second-order valence-electron chi connectivity index (χ2n) is 3.11. The first-order chi connectivity index (χ1) is 6.88. The van der Waals surface area contributed by atoms with E-state index in [1.807, 2.05) is 0 Å². The summed E-state index contributed by atoms with van der Waals surface area (Å²) < 4.78 is 15.7. The van der Waals surface area contributed by atoms with Crippen molar-refractivity contribution in [2.75, 3.05) is 27.4 Å². The summed E-state index contributed by atoms with van der Waals surface area (Å²) in [5, 5.41) is 0. The fraction of sp³-hybridized carbons (Fsp3) is 0.636. The van der Waals surface area contributed by atoms with Gasteiger partial charge in [-0.3, -0.25) is 0 Å². The van der Waals surface area contributed by atoms with Gasteiger partial charge in [-0.2, -0.15) is 0 Å². The average molecular weight is 198 g/mol. The van der Waals surface area contributed by atoms with Gasteiger partial charge < -0.3 is 14.2 Å². The molecule has 0 aliphatic heterocycles. The molecule has 1 aliphatic carbocycles. The highest BCUT2D eigenvalue weighted by molar-refractivity contribution is 5.23. The molecule has 0 aromatic carbocycles. The fourth-order valence-electron chi connectivity index (χ4n) is 1.33. The van der Waals surface area contributed by atoms with Crippen molar-refractivity contribution in [1.82, 2.24) is 0 Å².